The van der Waals surface area contributed by atoms with Gasteiger partial charge in [-0.3, -0.25) is 4.79 Å². The standard InChI is InChI=1S/C20H21NO2/c1-2-23-20(22)13-12-17-15-21(14-16-8-4-3-5-9-16)19-11-7-6-10-18(17)19/h3-11,15H,2,12-14H2,1H3. The number of para-hydroxylation sites is 1. The van der Waals surface area contributed by atoms with Gasteiger partial charge in [0.25, 0.3) is 0 Å². The number of hydrogen-bond donors (Lipinski definition) is 0. The Labute approximate surface area is 136 Å². The molecule has 0 radical (unpaired) electrons. The van der Waals surface area contributed by atoms with Crippen LogP contribution in [0.5, 0.6) is 0 Å². The third-order valence-electron chi connectivity index (χ3n) is 3.97. The Morgan fingerprint density at radius 1 is 1.04 bits per heavy atom. The third kappa shape index (κ3) is 3.62. The van der Waals surface area contributed by atoms with Gasteiger partial charge in [-0.15, -0.1) is 0 Å². The predicted molar refractivity (Wildman–Crippen MR) is 92.4 cm³/mol. The molecule has 0 amide bonds. The zero-order valence-electron chi connectivity index (χ0n) is 13.4. The number of fused-ring (bicyclic) bond motifs is 1. The van der Waals surface area contributed by atoms with E-state index in [4.69, 9.17) is 4.74 Å². The number of nitrogens with zero attached hydrogens (tertiary/aromatic N) is 1. The summed E-state index contributed by atoms with van der Waals surface area (Å²) in [6, 6.07) is 18.8. The summed E-state index contributed by atoms with van der Waals surface area (Å²) in [5.74, 6) is -0.132. The lowest BCUT2D eigenvalue weighted by molar-refractivity contribution is -0.143. The summed E-state index contributed by atoms with van der Waals surface area (Å²) in [4.78, 5) is 11.6. The van der Waals surface area contributed by atoms with Crippen molar-refractivity contribution in [2.45, 2.75) is 26.3 Å². The van der Waals surface area contributed by atoms with Crippen molar-refractivity contribution >= 4 is 16.9 Å². The van der Waals surface area contributed by atoms with Crippen LogP contribution in [0.3, 0.4) is 0 Å². The van der Waals surface area contributed by atoms with Gasteiger partial charge >= 0.3 is 5.97 Å². The van der Waals surface area contributed by atoms with E-state index in [1.165, 1.54) is 22.0 Å². The maximum Gasteiger partial charge on any atom is 0.306 e. The molecule has 3 rings (SSSR count). The van der Waals surface area contributed by atoms with Crippen molar-refractivity contribution in [3.8, 4) is 0 Å². The van der Waals surface area contributed by atoms with Gasteiger partial charge in [0.2, 0.25) is 0 Å². The Morgan fingerprint density at radius 2 is 1.78 bits per heavy atom. The first kappa shape index (κ1) is 15.3. The molecule has 0 N–H and O–H groups in total. The van der Waals surface area contributed by atoms with E-state index in [1.54, 1.807) is 0 Å². The van der Waals surface area contributed by atoms with Gasteiger partial charge in [-0.05, 0) is 30.5 Å². The summed E-state index contributed by atoms with van der Waals surface area (Å²) in [6.07, 6.45) is 3.30. The molecule has 118 valence electrons. The molecule has 0 fully saturated rings. The highest BCUT2D eigenvalue weighted by atomic mass is 16.5. The van der Waals surface area contributed by atoms with Crippen LogP contribution >= 0.6 is 0 Å². The van der Waals surface area contributed by atoms with Crippen LogP contribution in [0.4, 0.5) is 0 Å². The SMILES string of the molecule is CCOC(=O)CCc1cn(Cc2ccccc2)c2ccccc12. The molecule has 3 heteroatoms. The van der Waals surface area contributed by atoms with Gasteiger partial charge in [0, 0.05) is 30.1 Å². The van der Waals surface area contributed by atoms with Gasteiger partial charge < -0.3 is 9.30 Å². The van der Waals surface area contributed by atoms with Crippen LogP contribution in [0.15, 0.2) is 60.8 Å². The summed E-state index contributed by atoms with van der Waals surface area (Å²) in [7, 11) is 0. The van der Waals surface area contributed by atoms with E-state index < -0.39 is 0 Å². The van der Waals surface area contributed by atoms with E-state index >= 15 is 0 Å². The van der Waals surface area contributed by atoms with Crippen molar-refractivity contribution in [2.24, 2.45) is 0 Å². The molecule has 0 spiro atoms. The normalized spacial score (nSPS) is 10.8. The average Bonchev–Trinajstić information content (AvgIpc) is 2.92. The molecule has 0 saturated heterocycles. The first-order valence-corrected chi connectivity index (χ1v) is 8.04. The van der Waals surface area contributed by atoms with Gasteiger partial charge in [-0.1, -0.05) is 48.5 Å². The molecule has 1 aromatic heterocycles. The molecule has 0 aliphatic rings. The average molecular weight is 307 g/mol. The van der Waals surface area contributed by atoms with E-state index in [-0.39, 0.29) is 5.97 Å². The lowest BCUT2D eigenvalue weighted by Gasteiger charge is -2.05. The summed E-state index contributed by atoms with van der Waals surface area (Å²) < 4.78 is 7.29. The molecule has 0 aliphatic heterocycles. The van der Waals surface area contributed by atoms with Crippen LogP contribution < -0.4 is 0 Å². The monoisotopic (exact) mass is 307 g/mol. The lowest BCUT2D eigenvalue weighted by atomic mass is 10.1. The van der Waals surface area contributed by atoms with Crippen molar-refractivity contribution in [3.63, 3.8) is 0 Å². The molecule has 0 aliphatic carbocycles. The Hall–Kier alpha value is -2.55. The minimum atomic E-state index is -0.132. The van der Waals surface area contributed by atoms with Crippen molar-refractivity contribution in [1.29, 1.82) is 0 Å². The maximum atomic E-state index is 11.6. The second-order valence-electron chi connectivity index (χ2n) is 5.59. The topological polar surface area (TPSA) is 31.2 Å². The number of carbonyl (C=O) groups excluding carboxylic acids is 1. The second-order valence-corrected chi connectivity index (χ2v) is 5.59. The van der Waals surface area contributed by atoms with Gasteiger partial charge in [0.05, 0.1) is 6.61 Å². The Bertz CT molecular complexity index is 790. The Balaban J connectivity index is 1.86. The van der Waals surface area contributed by atoms with Crippen LogP contribution in [0.2, 0.25) is 0 Å². The number of aromatic nitrogens is 1. The summed E-state index contributed by atoms with van der Waals surface area (Å²) in [5.41, 5.74) is 3.67. The van der Waals surface area contributed by atoms with E-state index in [1.807, 2.05) is 19.1 Å². The Kier molecular flexibility index (Phi) is 4.77. The number of ether oxygens (including phenoxy) is 1. The molecule has 3 nitrogen and oxygen atoms in total. The van der Waals surface area contributed by atoms with Gasteiger partial charge in [0.15, 0.2) is 0 Å². The molecule has 23 heavy (non-hydrogen) atoms. The number of rotatable bonds is 6. The summed E-state index contributed by atoms with van der Waals surface area (Å²) in [6.45, 7) is 3.11. The van der Waals surface area contributed by atoms with Crippen molar-refractivity contribution in [2.75, 3.05) is 6.61 Å². The molecular weight excluding hydrogens is 286 g/mol. The molecule has 3 aromatic rings. The van der Waals surface area contributed by atoms with Crippen LogP contribution in [0.25, 0.3) is 10.9 Å². The highest BCUT2D eigenvalue weighted by Gasteiger charge is 2.10. The number of hydrogen-bond acceptors (Lipinski definition) is 2. The smallest absolute Gasteiger partial charge is 0.306 e. The molecule has 0 saturated carbocycles. The van der Waals surface area contributed by atoms with Crippen LogP contribution in [-0.4, -0.2) is 17.1 Å². The fourth-order valence-electron chi connectivity index (χ4n) is 2.90. The van der Waals surface area contributed by atoms with E-state index in [9.17, 15) is 4.79 Å². The summed E-state index contributed by atoms with van der Waals surface area (Å²) in [5, 5.41) is 1.22. The first-order chi connectivity index (χ1) is 11.3. The Morgan fingerprint density at radius 3 is 2.57 bits per heavy atom. The fourth-order valence-corrected chi connectivity index (χ4v) is 2.90. The third-order valence-corrected chi connectivity index (χ3v) is 3.97. The number of carbonyl (C=O) groups is 1. The minimum absolute atomic E-state index is 0.132. The number of benzene rings is 2. The van der Waals surface area contributed by atoms with Crippen molar-refractivity contribution in [1.82, 2.24) is 4.57 Å². The van der Waals surface area contributed by atoms with Crippen LogP contribution in [-0.2, 0) is 22.5 Å². The van der Waals surface area contributed by atoms with Gasteiger partial charge in [-0.25, -0.2) is 0 Å². The van der Waals surface area contributed by atoms with Crippen molar-refractivity contribution in [3.05, 3.63) is 71.9 Å². The van der Waals surface area contributed by atoms with E-state index in [0.29, 0.717) is 19.4 Å². The van der Waals surface area contributed by atoms with Gasteiger partial charge in [-0.2, -0.15) is 0 Å². The van der Waals surface area contributed by atoms with Crippen molar-refractivity contribution < 1.29 is 9.53 Å². The number of esters is 1. The zero-order chi connectivity index (χ0) is 16.1. The van der Waals surface area contributed by atoms with Crippen LogP contribution in [0, 0.1) is 0 Å². The highest BCUT2D eigenvalue weighted by Crippen LogP contribution is 2.23. The van der Waals surface area contributed by atoms with Crippen LogP contribution in [0.1, 0.15) is 24.5 Å². The summed E-state index contributed by atoms with van der Waals surface area (Å²) >= 11 is 0. The van der Waals surface area contributed by atoms with E-state index in [0.717, 1.165) is 6.54 Å². The second kappa shape index (κ2) is 7.14. The molecule has 0 unspecified atom stereocenters. The minimum Gasteiger partial charge on any atom is -0.466 e. The largest absolute Gasteiger partial charge is 0.466 e. The maximum absolute atomic E-state index is 11.6. The molecule has 0 atom stereocenters. The first-order valence-electron chi connectivity index (χ1n) is 8.04. The quantitative estimate of drug-likeness (QED) is 0.640. The molecule has 2 aromatic carbocycles. The fraction of sp³-hybridized carbons (Fsp3) is 0.250. The molecule has 1 heterocycles. The predicted octanol–water partition coefficient (Wildman–Crippen LogP) is 4.19. The van der Waals surface area contributed by atoms with Gasteiger partial charge in [0.1, 0.15) is 0 Å². The highest BCUT2D eigenvalue weighted by molar-refractivity contribution is 5.84. The zero-order valence-corrected chi connectivity index (χ0v) is 13.4. The van der Waals surface area contributed by atoms with E-state index in [2.05, 4.69) is 53.2 Å². The lowest BCUT2D eigenvalue weighted by Crippen LogP contribution is -2.05. The molecular formula is C20H21NO2. The molecule has 0 bridgehead atoms. The number of aryl methyl sites for hydroxylation is 1.